The summed E-state index contributed by atoms with van der Waals surface area (Å²) in [5.41, 5.74) is 5.60. The van der Waals surface area contributed by atoms with Crippen LogP contribution >= 0.6 is 24.8 Å². The predicted octanol–water partition coefficient (Wildman–Crippen LogP) is 1.35. The normalized spacial score (nSPS) is 25.5. The van der Waals surface area contributed by atoms with Crippen LogP contribution in [0.1, 0.15) is 38.5 Å². The monoisotopic (exact) mass is 397 g/mol. The van der Waals surface area contributed by atoms with Gasteiger partial charge < -0.3 is 20.5 Å². The van der Waals surface area contributed by atoms with Crippen molar-refractivity contribution in [1.82, 2.24) is 10.2 Å². The summed E-state index contributed by atoms with van der Waals surface area (Å²) in [6.45, 7) is 6.27. The summed E-state index contributed by atoms with van der Waals surface area (Å²) in [6.07, 6.45) is 6.00. The first kappa shape index (κ1) is 22.9. The van der Waals surface area contributed by atoms with Gasteiger partial charge in [0.05, 0.1) is 5.41 Å². The molecule has 0 saturated carbocycles. The van der Waals surface area contributed by atoms with Crippen molar-refractivity contribution < 1.29 is 14.3 Å². The minimum absolute atomic E-state index is 0. The Morgan fingerprint density at radius 2 is 1.48 bits per heavy atom. The van der Waals surface area contributed by atoms with Gasteiger partial charge in [0.25, 0.3) is 0 Å². The minimum atomic E-state index is -0.435. The van der Waals surface area contributed by atoms with Crippen LogP contribution in [0.2, 0.25) is 0 Å². The van der Waals surface area contributed by atoms with E-state index in [1.807, 2.05) is 0 Å². The van der Waals surface area contributed by atoms with E-state index < -0.39 is 5.41 Å². The lowest BCUT2D eigenvalue weighted by Gasteiger charge is -2.45. The van der Waals surface area contributed by atoms with E-state index in [2.05, 4.69) is 10.2 Å². The van der Waals surface area contributed by atoms with E-state index in [0.29, 0.717) is 19.8 Å². The second kappa shape index (κ2) is 10.3. The van der Waals surface area contributed by atoms with Gasteiger partial charge in [-0.3, -0.25) is 9.69 Å². The lowest BCUT2D eigenvalue weighted by Crippen LogP contribution is -2.59. The molecule has 0 radical (unpaired) electrons. The number of hydrogen-bond acceptors (Lipinski definition) is 5. The van der Waals surface area contributed by atoms with E-state index in [-0.39, 0.29) is 36.3 Å². The molecule has 148 valence electrons. The van der Waals surface area contributed by atoms with Crippen molar-refractivity contribution in [3.63, 3.8) is 0 Å². The average Bonchev–Trinajstić information content (AvgIpc) is 3.16. The maximum atomic E-state index is 12.9. The van der Waals surface area contributed by atoms with Gasteiger partial charge in [-0.15, -0.1) is 24.8 Å². The van der Waals surface area contributed by atoms with E-state index in [9.17, 15) is 4.79 Å². The van der Waals surface area contributed by atoms with E-state index in [1.165, 1.54) is 12.8 Å². The second-order valence-electron chi connectivity index (χ2n) is 7.31. The highest BCUT2D eigenvalue weighted by Crippen LogP contribution is 2.33. The van der Waals surface area contributed by atoms with Crippen molar-refractivity contribution in [2.75, 3.05) is 52.6 Å². The molecule has 3 aliphatic heterocycles. The molecule has 0 bridgehead atoms. The lowest BCUT2D eigenvalue weighted by molar-refractivity contribution is -0.137. The minimum Gasteiger partial charge on any atom is -0.381 e. The van der Waals surface area contributed by atoms with Gasteiger partial charge in [0.1, 0.15) is 0 Å². The molecule has 25 heavy (non-hydrogen) atoms. The van der Waals surface area contributed by atoms with Crippen LogP contribution in [0.4, 0.5) is 0 Å². The van der Waals surface area contributed by atoms with Crippen molar-refractivity contribution in [3.05, 3.63) is 0 Å². The Morgan fingerprint density at radius 1 is 0.960 bits per heavy atom. The van der Waals surface area contributed by atoms with E-state index in [4.69, 9.17) is 15.2 Å². The quantitative estimate of drug-likeness (QED) is 0.731. The van der Waals surface area contributed by atoms with E-state index in [1.54, 1.807) is 0 Å². The zero-order valence-electron chi connectivity index (χ0n) is 15.0. The van der Waals surface area contributed by atoms with Crippen molar-refractivity contribution in [3.8, 4) is 0 Å². The highest BCUT2D eigenvalue weighted by molar-refractivity contribution is 5.85. The Kier molecular flexibility index (Phi) is 9.43. The Balaban J connectivity index is 0.00000156. The standard InChI is InChI=1S/C17H31N3O3.2ClH/c18-13-16(3-9-22-10-4-16)15(21)19-14-17(5-11-23-12-6-17)20-7-1-2-8-20;;/h1-14,18H2,(H,19,21);2*1H. The fourth-order valence-corrected chi connectivity index (χ4v) is 4.27. The predicted molar refractivity (Wildman–Crippen MR) is 103 cm³/mol. The van der Waals surface area contributed by atoms with Crippen molar-refractivity contribution in [1.29, 1.82) is 0 Å². The van der Waals surface area contributed by atoms with Crippen LogP contribution in [0, 0.1) is 5.41 Å². The Labute approximate surface area is 163 Å². The lowest BCUT2D eigenvalue weighted by atomic mass is 9.79. The molecule has 3 aliphatic rings. The van der Waals surface area contributed by atoms with Crippen LogP contribution in [0.15, 0.2) is 0 Å². The summed E-state index contributed by atoms with van der Waals surface area (Å²) >= 11 is 0. The molecule has 0 atom stereocenters. The fraction of sp³-hybridized carbons (Fsp3) is 0.941. The Hall–Kier alpha value is -0.110. The molecule has 0 aliphatic carbocycles. The van der Waals surface area contributed by atoms with Gasteiger partial charge >= 0.3 is 0 Å². The smallest absolute Gasteiger partial charge is 0.227 e. The molecule has 3 saturated heterocycles. The van der Waals surface area contributed by atoms with Gasteiger partial charge in [0.15, 0.2) is 0 Å². The molecule has 6 nitrogen and oxygen atoms in total. The van der Waals surface area contributed by atoms with Crippen LogP contribution in [0.3, 0.4) is 0 Å². The van der Waals surface area contributed by atoms with Crippen LogP contribution in [0.25, 0.3) is 0 Å². The summed E-state index contributed by atoms with van der Waals surface area (Å²) < 4.78 is 11.0. The molecule has 0 unspecified atom stereocenters. The molecule has 0 aromatic carbocycles. The summed E-state index contributed by atoms with van der Waals surface area (Å²) in [5.74, 6) is 0.119. The first-order chi connectivity index (χ1) is 11.2. The fourth-order valence-electron chi connectivity index (χ4n) is 4.27. The second-order valence-corrected chi connectivity index (χ2v) is 7.31. The topological polar surface area (TPSA) is 76.8 Å². The number of likely N-dealkylation sites (tertiary alicyclic amines) is 1. The molecular formula is C17H33Cl2N3O3. The molecule has 1 amide bonds. The summed E-state index contributed by atoms with van der Waals surface area (Å²) in [5, 5.41) is 3.26. The molecule has 0 aromatic heterocycles. The van der Waals surface area contributed by atoms with Crippen molar-refractivity contribution in [2.45, 2.75) is 44.1 Å². The number of carbonyl (C=O) groups excluding carboxylic acids is 1. The third kappa shape index (κ3) is 4.99. The largest absolute Gasteiger partial charge is 0.381 e. The summed E-state index contributed by atoms with van der Waals surface area (Å²) in [6, 6.07) is 0. The van der Waals surface area contributed by atoms with Crippen molar-refractivity contribution in [2.24, 2.45) is 11.1 Å². The molecule has 3 N–H and O–H groups in total. The molecule has 3 rings (SSSR count). The van der Waals surface area contributed by atoms with Gasteiger partial charge in [0.2, 0.25) is 5.91 Å². The molecule has 3 heterocycles. The number of amides is 1. The first-order valence-corrected chi connectivity index (χ1v) is 9.10. The van der Waals surface area contributed by atoms with Gasteiger partial charge in [-0.1, -0.05) is 0 Å². The Morgan fingerprint density at radius 3 is 2.00 bits per heavy atom. The van der Waals surface area contributed by atoms with Crippen LogP contribution in [0.5, 0.6) is 0 Å². The number of carbonyl (C=O) groups is 1. The van der Waals surface area contributed by atoms with E-state index in [0.717, 1.165) is 58.5 Å². The summed E-state index contributed by atoms with van der Waals surface area (Å²) in [7, 11) is 0. The number of nitrogens with zero attached hydrogens (tertiary/aromatic N) is 1. The molecule has 8 heteroatoms. The van der Waals surface area contributed by atoms with Crippen LogP contribution in [-0.4, -0.2) is 69.0 Å². The number of hydrogen-bond donors (Lipinski definition) is 2. The van der Waals surface area contributed by atoms with Gasteiger partial charge in [-0.2, -0.15) is 0 Å². The van der Waals surface area contributed by atoms with Gasteiger partial charge in [0, 0.05) is 45.1 Å². The summed E-state index contributed by atoms with van der Waals surface area (Å²) in [4.78, 5) is 15.4. The Bertz CT molecular complexity index is 408. The van der Waals surface area contributed by atoms with Crippen LogP contribution in [-0.2, 0) is 14.3 Å². The van der Waals surface area contributed by atoms with Gasteiger partial charge in [-0.05, 0) is 51.6 Å². The zero-order valence-corrected chi connectivity index (χ0v) is 16.6. The number of ether oxygens (including phenoxy) is 2. The van der Waals surface area contributed by atoms with Gasteiger partial charge in [-0.25, -0.2) is 0 Å². The first-order valence-electron chi connectivity index (χ1n) is 9.10. The number of halogens is 2. The number of rotatable bonds is 5. The molecule has 0 aromatic rings. The maximum absolute atomic E-state index is 12.9. The van der Waals surface area contributed by atoms with Crippen molar-refractivity contribution >= 4 is 30.7 Å². The molecular weight excluding hydrogens is 365 g/mol. The third-order valence-corrected chi connectivity index (χ3v) is 6.10. The number of nitrogens with two attached hydrogens (primary N) is 1. The highest BCUT2D eigenvalue weighted by atomic mass is 35.5. The third-order valence-electron chi connectivity index (χ3n) is 6.10. The average molecular weight is 398 g/mol. The zero-order chi connectivity index (χ0) is 16.2. The SMILES string of the molecule is Cl.Cl.NCC1(C(=O)NCC2(N3CCCC3)CCOCC2)CCOCC1. The molecule has 3 fully saturated rings. The highest BCUT2D eigenvalue weighted by Gasteiger charge is 2.43. The maximum Gasteiger partial charge on any atom is 0.227 e. The van der Waals surface area contributed by atoms with E-state index >= 15 is 0 Å². The number of nitrogens with one attached hydrogen (secondary N) is 1. The van der Waals surface area contributed by atoms with Crippen LogP contribution < -0.4 is 11.1 Å². The molecule has 0 spiro atoms.